The van der Waals surface area contributed by atoms with Crippen LogP contribution in [-0.4, -0.2) is 294 Å². The van der Waals surface area contributed by atoms with Crippen LogP contribution in [0.1, 0.15) is 121 Å². The van der Waals surface area contributed by atoms with Crippen molar-refractivity contribution in [3.05, 3.63) is 126 Å². The first-order valence-electron chi connectivity index (χ1n) is 42.3. The van der Waals surface area contributed by atoms with Gasteiger partial charge in [0.1, 0.15) is 72.0 Å². The van der Waals surface area contributed by atoms with Crippen molar-refractivity contribution in [2.24, 2.45) is 23.3 Å². The maximum atomic E-state index is 15.7. The van der Waals surface area contributed by atoms with Gasteiger partial charge < -0.3 is 109 Å². The number of fused-ring (bicyclic) bond motifs is 3. The number of aromatic amines is 3. The number of nitrogens with one attached hydrogen (secondary N) is 13. The van der Waals surface area contributed by atoms with Crippen molar-refractivity contribution in [2.75, 3.05) is 72.5 Å². The number of thioether (sulfide) groups is 1. The van der Waals surface area contributed by atoms with Gasteiger partial charge in [0.2, 0.25) is 100 Å². The topological polar surface area (TPSA) is 559 Å². The van der Waals surface area contributed by atoms with E-state index in [9.17, 15) is 67.4 Å². The van der Waals surface area contributed by atoms with Crippen molar-refractivity contribution in [2.45, 2.75) is 197 Å². The van der Waals surface area contributed by atoms with Crippen LogP contribution in [0.25, 0.3) is 21.8 Å². The van der Waals surface area contributed by atoms with Gasteiger partial charge in [-0.25, -0.2) is 4.98 Å². The molecule has 3 fully saturated rings. The molecule has 9 rings (SSSR count). The summed E-state index contributed by atoms with van der Waals surface area (Å²) >= 11 is 0.820. The van der Waals surface area contributed by atoms with E-state index in [0.717, 1.165) is 26.5 Å². The number of nitrogens with two attached hydrogens (primary N) is 2. The van der Waals surface area contributed by atoms with E-state index in [-0.39, 0.29) is 76.0 Å². The Bertz CT molecular complexity index is 4930. The third-order valence-electron chi connectivity index (χ3n) is 23.0. The van der Waals surface area contributed by atoms with Crippen LogP contribution >= 0.6 is 11.8 Å². The molecule has 40 heteroatoms. The van der Waals surface area contributed by atoms with Gasteiger partial charge >= 0.3 is 0 Å². The molecular weight excluding hydrogens is 1650 g/mol. The van der Waals surface area contributed by atoms with E-state index in [1.807, 2.05) is 13.8 Å². The summed E-state index contributed by atoms with van der Waals surface area (Å²) in [4.78, 5) is 265. The highest BCUT2D eigenvalue weighted by Gasteiger charge is 2.65. The van der Waals surface area contributed by atoms with Gasteiger partial charge in [0.05, 0.1) is 44.7 Å². The van der Waals surface area contributed by atoms with E-state index in [1.54, 1.807) is 105 Å². The number of hydrogen-bond donors (Lipinski definition) is 16. The van der Waals surface area contributed by atoms with E-state index in [4.69, 9.17) is 11.5 Å². The van der Waals surface area contributed by atoms with E-state index in [1.165, 1.54) is 57.4 Å². The van der Waals surface area contributed by atoms with Gasteiger partial charge in [0, 0.05) is 112 Å². The number of amides is 17. The van der Waals surface area contributed by atoms with Crippen LogP contribution in [0.4, 0.5) is 0 Å². The molecule has 1 aliphatic carbocycles. The highest BCUT2D eigenvalue weighted by atomic mass is 32.2. The monoisotopic (exact) mass is 1760 g/mol. The van der Waals surface area contributed by atoms with E-state index in [2.05, 4.69) is 73.1 Å². The number of unbranched alkanes of at least 4 members (excludes halogenated alkanes) is 1. The Morgan fingerprint density at radius 1 is 0.595 bits per heavy atom. The minimum atomic E-state index is -1.82. The molecule has 39 nitrogen and oxygen atoms in total. The SMILES string of the molecule is CCCC[C@H]1C(=O)NCC(=O)N[C@H](C(=O)NCC(N)=O)CSCC(=O)N[C@@H](Cc2ccccc2)C(=O)N(C)[C@@H](C)C(=O)N[C@@H](CC(N)=O)C(=O)N2CCC[C@H]2C(=O)N[C@@H](Cc2cnc[nH]2)C(=O)N[C@@H](CC(C)C)C(=O)N(C)CC(=O)N[C@@H](Cc2c[nH]c3ccccc23)C(=O)N[C@@H](CO)C(=O)N[C@@H](Cc2c[nH]c3ccccc23)C(=O)N(C)C2(CC2CCC)C(=O)N1C. The fraction of sp³-hybridized carbons (Fsp3) is 0.512. The Hall–Kier alpha value is -12.8. The van der Waals surface area contributed by atoms with Crippen LogP contribution in [0.3, 0.4) is 0 Å². The minimum Gasteiger partial charge on any atom is -0.394 e. The number of aromatic nitrogens is 4. The summed E-state index contributed by atoms with van der Waals surface area (Å²) in [7, 11) is 5.37. The molecule has 680 valence electrons. The molecule has 2 saturated heterocycles. The molecule has 0 bridgehead atoms. The average molecular weight is 1770 g/mol. The maximum Gasteiger partial charge on any atom is 0.249 e. The Morgan fingerprint density at radius 2 is 1.18 bits per heavy atom. The van der Waals surface area contributed by atoms with E-state index in [0.29, 0.717) is 69.9 Å². The quantitative estimate of drug-likeness (QED) is 0.0379. The molecule has 3 aromatic carbocycles. The molecule has 6 aromatic rings. The lowest BCUT2D eigenvalue weighted by Crippen LogP contribution is -2.62. The number of H-pyrrole nitrogens is 3. The average Bonchev–Trinajstić information content (AvgIpc) is 1.55. The summed E-state index contributed by atoms with van der Waals surface area (Å²) in [6, 6.07) is 6.31. The van der Waals surface area contributed by atoms with Crippen LogP contribution in [0.2, 0.25) is 0 Å². The lowest BCUT2D eigenvalue weighted by atomic mass is 9.99. The van der Waals surface area contributed by atoms with Crippen molar-refractivity contribution in [3.8, 4) is 0 Å². The first-order chi connectivity index (χ1) is 60.1. The van der Waals surface area contributed by atoms with E-state index < -0.39 is 217 Å². The molecule has 17 amide bonds. The smallest absolute Gasteiger partial charge is 0.249 e. The summed E-state index contributed by atoms with van der Waals surface area (Å²) in [5, 5.41) is 38.7. The lowest BCUT2D eigenvalue weighted by Gasteiger charge is -2.37. The zero-order valence-electron chi connectivity index (χ0n) is 72.3. The van der Waals surface area contributed by atoms with Crippen molar-refractivity contribution >= 4 is 134 Å². The zero-order valence-corrected chi connectivity index (χ0v) is 73.1. The molecular formula is C86H117N21O18S. The summed E-state index contributed by atoms with van der Waals surface area (Å²) in [5.41, 5.74) is 12.8. The number of likely N-dealkylation sites (N-methyl/N-ethyl adjacent to an activating group) is 4. The highest BCUT2D eigenvalue weighted by Crippen LogP contribution is 2.52. The summed E-state index contributed by atoms with van der Waals surface area (Å²) in [6.45, 7) is 5.32. The molecule has 3 aliphatic rings. The van der Waals surface area contributed by atoms with Gasteiger partial charge in [-0.05, 0) is 86.1 Å². The predicted octanol–water partition coefficient (Wildman–Crippen LogP) is -1.77. The minimum absolute atomic E-state index is 0.0159. The first-order valence-corrected chi connectivity index (χ1v) is 43.4. The van der Waals surface area contributed by atoms with Crippen LogP contribution in [0.15, 0.2) is 104 Å². The number of rotatable bonds is 21. The largest absolute Gasteiger partial charge is 0.394 e. The molecule has 13 atom stereocenters. The van der Waals surface area contributed by atoms with Crippen LogP contribution in [0, 0.1) is 11.8 Å². The van der Waals surface area contributed by atoms with Gasteiger partial charge in [-0.2, -0.15) is 0 Å². The third-order valence-corrected chi connectivity index (χ3v) is 24.0. The third kappa shape index (κ3) is 25.5. The van der Waals surface area contributed by atoms with Crippen molar-refractivity contribution in [1.82, 2.24) is 97.6 Å². The number of hydrogen-bond acceptors (Lipinski definition) is 20. The normalized spacial score (nSPS) is 25.1. The Morgan fingerprint density at radius 3 is 1.79 bits per heavy atom. The summed E-state index contributed by atoms with van der Waals surface area (Å²) < 4.78 is 0. The Balaban J connectivity index is 1.05. The van der Waals surface area contributed by atoms with Crippen LogP contribution in [0.5, 0.6) is 0 Å². The molecule has 0 radical (unpaired) electrons. The molecule has 1 spiro atoms. The zero-order chi connectivity index (χ0) is 91.8. The molecule has 1 saturated carbocycles. The number of para-hydroxylation sites is 2. The molecule has 3 aromatic heterocycles. The molecule has 18 N–H and O–H groups in total. The number of aliphatic hydroxyl groups is 1. The Kier molecular flexibility index (Phi) is 34.8. The number of nitrogens with zero attached hydrogens (tertiary/aromatic N) is 6. The first kappa shape index (κ1) is 97.1. The second-order valence-corrected chi connectivity index (χ2v) is 33.8. The number of carbonyl (C=O) groups excluding carboxylic acids is 17. The van der Waals surface area contributed by atoms with Gasteiger partial charge in [0.25, 0.3) is 0 Å². The predicted molar refractivity (Wildman–Crippen MR) is 464 cm³/mol. The Labute approximate surface area is 733 Å². The molecule has 2 unspecified atom stereocenters. The summed E-state index contributed by atoms with van der Waals surface area (Å²) in [6.07, 6.45) is 6.72. The second kappa shape index (κ2) is 45.2. The molecule has 126 heavy (non-hydrogen) atoms. The number of imidazole rings is 1. The number of aliphatic hydroxyl groups excluding tert-OH is 1. The van der Waals surface area contributed by atoms with Crippen LogP contribution < -0.4 is 64.6 Å². The number of benzene rings is 3. The number of primary amides is 2. The maximum absolute atomic E-state index is 15.7. The van der Waals surface area contributed by atoms with Gasteiger partial charge in [-0.3, -0.25) is 81.5 Å². The lowest BCUT2D eigenvalue weighted by molar-refractivity contribution is -0.151. The van der Waals surface area contributed by atoms with Gasteiger partial charge in [-0.1, -0.05) is 114 Å². The molecule has 5 heterocycles. The highest BCUT2D eigenvalue weighted by molar-refractivity contribution is 8.00. The van der Waals surface area contributed by atoms with Crippen molar-refractivity contribution in [3.63, 3.8) is 0 Å². The molecule has 2 aliphatic heterocycles. The van der Waals surface area contributed by atoms with Crippen molar-refractivity contribution < 1.29 is 86.6 Å². The van der Waals surface area contributed by atoms with Gasteiger partial charge in [-0.15, -0.1) is 11.8 Å². The fourth-order valence-corrected chi connectivity index (χ4v) is 16.9. The van der Waals surface area contributed by atoms with Gasteiger partial charge in [0.15, 0.2) is 0 Å². The second-order valence-electron chi connectivity index (χ2n) is 32.8. The standard InChI is InChI=1S/C86H117N21O18S/c1-10-12-28-67-79(119)93-42-71(111)97-66(75(115)92-41-70(88)110)45-126-46-73(113)96-62(32-50-22-14-13-15-23-50)82(122)104(7)49(5)74(114)99-64(36-69(87)109)84(124)107-30-20-29-68(107)80(120)98-60(35-54-40-89-47-94-54)77(117)100-61(31-48(3)4)81(121)103(6)43-72(112)95-59(33-51-38-90-57-26-18-16-24-55(51)57)76(116)102-65(44-108)78(118)101-63(34-52-39-91-58-27-19-17-25-56(52)58)83(123)106(9)86(85(125)105(67)8)37-53(86)21-11-2/h13-19,22-27,38-40,47-49,53,59-68,90-91,108H,10-12,20-21,28-37,41-46H2,1-9H3,(H2,87,109)(H2,88,110)(H,89,94)(H,92,115)(H,93,119)(H,95,112)(H,96,113)(H,97,111)(H,98,120)(H,99,114)(H,100,117)(H,101,118)(H,102,116)/t49-,53?,59-,60-,61-,62-,63-,64-,65-,66-,67-,68-,86?/m0/s1. The number of carbonyl (C=O) groups is 17. The summed E-state index contributed by atoms with van der Waals surface area (Å²) in [5.74, 6) is -16.6. The van der Waals surface area contributed by atoms with Crippen molar-refractivity contribution in [1.29, 1.82) is 0 Å². The van der Waals surface area contributed by atoms with Crippen LogP contribution in [-0.2, 0) is 107 Å². The van der Waals surface area contributed by atoms with E-state index >= 15 is 19.2 Å². The fourth-order valence-electron chi connectivity index (χ4n) is 16.0.